The summed E-state index contributed by atoms with van der Waals surface area (Å²) in [6, 6.07) is 5.30. The number of hydrogen-bond acceptors (Lipinski definition) is 3. The molecular weight excluding hydrogens is 322 g/mol. The van der Waals surface area contributed by atoms with E-state index in [0.29, 0.717) is 30.0 Å². The van der Waals surface area contributed by atoms with Crippen LogP contribution in [0.15, 0.2) is 23.1 Å². The van der Waals surface area contributed by atoms with Gasteiger partial charge in [0.2, 0.25) is 0 Å². The van der Waals surface area contributed by atoms with E-state index in [4.69, 9.17) is 11.6 Å². The van der Waals surface area contributed by atoms with Crippen LogP contribution in [0.3, 0.4) is 0 Å². The van der Waals surface area contributed by atoms with E-state index in [0.717, 1.165) is 10.6 Å². The molecule has 1 saturated heterocycles. The molecule has 1 aliphatic rings. The van der Waals surface area contributed by atoms with Crippen molar-refractivity contribution in [2.45, 2.75) is 31.6 Å². The Kier molecular flexibility index (Phi) is 5.40. The van der Waals surface area contributed by atoms with Crippen molar-refractivity contribution in [3.8, 4) is 0 Å². The van der Waals surface area contributed by atoms with Crippen LogP contribution in [0.1, 0.15) is 37.0 Å². The predicted octanol–water partition coefficient (Wildman–Crippen LogP) is 3.78. The molecule has 1 aromatic carbocycles. The molecule has 120 valence electrons. The lowest BCUT2D eigenvalue weighted by atomic mass is 9.82. The van der Waals surface area contributed by atoms with Crippen molar-refractivity contribution in [3.05, 3.63) is 28.8 Å². The molecule has 2 rings (SSSR count). The molecule has 1 amide bonds. The van der Waals surface area contributed by atoms with E-state index >= 15 is 0 Å². The minimum absolute atomic E-state index is 0.134. The van der Waals surface area contributed by atoms with E-state index in [9.17, 15) is 14.7 Å². The number of likely N-dealkylation sites (tertiary alicyclic amines) is 1. The number of rotatable bonds is 4. The van der Waals surface area contributed by atoms with Gasteiger partial charge >= 0.3 is 5.97 Å². The maximum atomic E-state index is 12.8. The monoisotopic (exact) mass is 341 g/mol. The number of piperidine rings is 1. The summed E-state index contributed by atoms with van der Waals surface area (Å²) < 4.78 is 0. The smallest absolute Gasteiger partial charge is 0.311 e. The summed E-state index contributed by atoms with van der Waals surface area (Å²) in [5.74, 6) is -0.126. The van der Waals surface area contributed by atoms with Gasteiger partial charge in [0.25, 0.3) is 5.91 Å². The number of benzene rings is 1. The van der Waals surface area contributed by atoms with Crippen LogP contribution < -0.4 is 0 Å². The lowest BCUT2D eigenvalue weighted by Gasteiger charge is -2.37. The molecule has 4 nitrogen and oxygen atoms in total. The van der Waals surface area contributed by atoms with Crippen LogP contribution in [-0.4, -0.2) is 40.7 Å². The molecule has 22 heavy (non-hydrogen) atoms. The first-order chi connectivity index (χ1) is 10.4. The van der Waals surface area contributed by atoms with Crippen LogP contribution in [0.25, 0.3) is 0 Å². The van der Waals surface area contributed by atoms with E-state index in [1.54, 1.807) is 35.7 Å². The van der Waals surface area contributed by atoms with Crippen molar-refractivity contribution in [1.29, 1.82) is 0 Å². The first-order valence-electron chi connectivity index (χ1n) is 7.32. The van der Waals surface area contributed by atoms with Gasteiger partial charge in [-0.15, -0.1) is 11.8 Å². The standard InChI is InChI=1S/C16H20ClNO3S/c1-3-22-13-6-5-11(17)9-12(13)14(19)18-8-4-7-16(2,10-18)15(20)21/h5-6,9H,3-4,7-8,10H2,1-2H3,(H,20,21). The highest BCUT2D eigenvalue weighted by Crippen LogP contribution is 2.32. The van der Waals surface area contributed by atoms with Crippen LogP contribution >= 0.6 is 23.4 Å². The Bertz CT molecular complexity index is 593. The second kappa shape index (κ2) is 6.92. The summed E-state index contributed by atoms with van der Waals surface area (Å²) in [4.78, 5) is 26.8. The minimum Gasteiger partial charge on any atom is -0.481 e. The number of carbonyl (C=O) groups is 2. The molecule has 0 spiro atoms. The number of aliphatic carboxylic acids is 1. The van der Waals surface area contributed by atoms with Gasteiger partial charge in [-0.1, -0.05) is 18.5 Å². The molecule has 0 aliphatic carbocycles. The zero-order valence-electron chi connectivity index (χ0n) is 12.8. The number of carbonyl (C=O) groups excluding carboxylic acids is 1. The van der Waals surface area contributed by atoms with Crippen LogP contribution in [0.4, 0.5) is 0 Å². The van der Waals surface area contributed by atoms with Gasteiger partial charge in [-0.3, -0.25) is 9.59 Å². The topological polar surface area (TPSA) is 57.6 Å². The zero-order chi connectivity index (χ0) is 16.3. The third-order valence-electron chi connectivity index (χ3n) is 3.97. The van der Waals surface area contributed by atoms with Crippen molar-refractivity contribution < 1.29 is 14.7 Å². The van der Waals surface area contributed by atoms with E-state index < -0.39 is 11.4 Å². The second-order valence-electron chi connectivity index (χ2n) is 5.77. The SMILES string of the molecule is CCSc1ccc(Cl)cc1C(=O)N1CCCC(C)(C(=O)O)C1. The Morgan fingerprint density at radius 1 is 1.45 bits per heavy atom. The van der Waals surface area contributed by atoms with Crippen LogP contribution in [0, 0.1) is 5.41 Å². The van der Waals surface area contributed by atoms with E-state index in [1.165, 1.54) is 0 Å². The van der Waals surface area contributed by atoms with Gasteiger partial charge in [0, 0.05) is 23.0 Å². The van der Waals surface area contributed by atoms with Gasteiger partial charge in [0.1, 0.15) is 0 Å². The minimum atomic E-state index is -0.870. The van der Waals surface area contributed by atoms with Crippen molar-refractivity contribution in [3.63, 3.8) is 0 Å². The molecule has 0 bridgehead atoms. The lowest BCUT2D eigenvalue weighted by molar-refractivity contribution is -0.150. The van der Waals surface area contributed by atoms with Crippen molar-refractivity contribution in [1.82, 2.24) is 4.90 Å². The molecule has 0 aromatic heterocycles. The Hall–Kier alpha value is -1.20. The van der Waals surface area contributed by atoms with Gasteiger partial charge in [-0.2, -0.15) is 0 Å². The molecule has 0 radical (unpaired) electrons. The number of thioether (sulfide) groups is 1. The fourth-order valence-corrected chi connectivity index (χ4v) is 3.66. The maximum absolute atomic E-state index is 12.8. The number of nitrogens with zero attached hydrogens (tertiary/aromatic N) is 1. The molecule has 1 aliphatic heterocycles. The molecule has 1 N–H and O–H groups in total. The molecule has 1 aromatic rings. The molecule has 6 heteroatoms. The maximum Gasteiger partial charge on any atom is 0.311 e. The highest BCUT2D eigenvalue weighted by atomic mass is 35.5. The van der Waals surface area contributed by atoms with Gasteiger partial charge in [0.05, 0.1) is 11.0 Å². The molecular formula is C16H20ClNO3S. The Morgan fingerprint density at radius 3 is 2.82 bits per heavy atom. The first kappa shape index (κ1) is 17.2. The molecule has 0 saturated carbocycles. The van der Waals surface area contributed by atoms with E-state index in [2.05, 4.69) is 0 Å². The largest absolute Gasteiger partial charge is 0.481 e. The highest BCUT2D eigenvalue weighted by molar-refractivity contribution is 7.99. The van der Waals surface area contributed by atoms with Crippen LogP contribution in [0.5, 0.6) is 0 Å². The third-order valence-corrected chi connectivity index (χ3v) is 5.16. The quantitative estimate of drug-likeness (QED) is 0.847. The van der Waals surface area contributed by atoms with Gasteiger partial charge in [-0.05, 0) is 43.7 Å². The van der Waals surface area contributed by atoms with Crippen LogP contribution in [0.2, 0.25) is 5.02 Å². The highest BCUT2D eigenvalue weighted by Gasteiger charge is 2.39. The van der Waals surface area contributed by atoms with Crippen molar-refractivity contribution in [2.24, 2.45) is 5.41 Å². The average Bonchev–Trinajstić information content (AvgIpc) is 2.48. The number of amides is 1. The number of halogens is 1. The fraction of sp³-hybridized carbons (Fsp3) is 0.500. The number of carboxylic acids is 1. The Morgan fingerprint density at radius 2 is 2.18 bits per heavy atom. The summed E-state index contributed by atoms with van der Waals surface area (Å²) in [6.45, 7) is 4.55. The Balaban J connectivity index is 2.28. The summed E-state index contributed by atoms with van der Waals surface area (Å²) in [5, 5.41) is 9.90. The number of hydrogen-bond donors (Lipinski definition) is 1. The van der Waals surface area contributed by atoms with E-state index in [-0.39, 0.29) is 12.5 Å². The summed E-state index contributed by atoms with van der Waals surface area (Å²) in [7, 11) is 0. The lowest BCUT2D eigenvalue weighted by Crippen LogP contribution is -2.48. The average molecular weight is 342 g/mol. The van der Waals surface area contributed by atoms with Crippen molar-refractivity contribution >= 4 is 35.2 Å². The summed E-state index contributed by atoms with van der Waals surface area (Å²) in [5.41, 5.74) is -0.307. The van der Waals surface area contributed by atoms with Crippen LogP contribution in [-0.2, 0) is 4.79 Å². The molecule has 1 atom stereocenters. The molecule has 1 fully saturated rings. The van der Waals surface area contributed by atoms with Gasteiger partial charge in [-0.25, -0.2) is 0 Å². The normalized spacial score (nSPS) is 21.7. The fourth-order valence-electron chi connectivity index (χ4n) is 2.71. The van der Waals surface area contributed by atoms with Crippen molar-refractivity contribution in [2.75, 3.05) is 18.8 Å². The van der Waals surface area contributed by atoms with Gasteiger partial charge < -0.3 is 10.0 Å². The predicted molar refractivity (Wildman–Crippen MR) is 88.7 cm³/mol. The second-order valence-corrected chi connectivity index (χ2v) is 7.51. The number of carboxylic acid groups (broad SMARTS) is 1. The third kappa shape index (κ3) is 3.58. The molecule has 1 unspecified atom stereocenters. The first-order valence-corrected chi connectivity index (χ1v) is 8.69. The van der Waals surface area contributed by atoms with E-state index in [1.807, 2.05) is 13.0 Å². The van der Waals surface area contributed by atoms with Gasteiger partial charge in [0.15, 0.2) is 0 Å². The summed E-state index contributed by atoms with van der Waals surface area (Å²) in [6.07, 6.45) is 1.30. The summed E-state index contributed by atoms with van der Waals surface area (Å²) >= 11 is 7.62. The Labute approximate surface area is 139 Å². The zero-order valence-corrected chi connectivity index (χ0v) is 14.3. The molecule has 1 heterocycles.